The van der Waals surface area contributed by atoms with Crippen molar-refractivity contribution in [1.29, 1.82) is 0 Å². The number of aryl methyl sites for hydroxylation is 1. The number of rotatable bonds is 5. The van der Waals surface area contributed by atoms with Gasteiger partial charge in [0.25, 0.3) is 5.91 Å². The fourth-order valence-corrected chi connectivity index (χ4v) is 2.50. The van der Waals surface area contributed by atoms with Crippen molar-refractivity contribution in [3.63, 3.8) is 0 Å². The summed E-state index contributed by atoms with van der Waals surface area (Å²) in [6, 6.07) is 3.26. The summed E-state index contributed by atoms with van der Waals surface area (Å²) in [7, 11) is 0. The Morgan fingerprint density at radius 3 is 2.71 bits per heavy atom. The summed E-state index contributed by atoms with van der Waals surface area (Å²) in [5.74, 6) is -1.17. The number of carbonyl (C=O) groups excluding carboxylic acids is 1. The molecule has 0 bridgehead atoms. The lowest BCUT2D eigenvalue weighted by molar-refractivity contribution is -0.159. The van der Waals surface area contributed by atoms with E-state index in [0.29, 0.717) is 30.2 Å². The van der Waals surface area contributed by atoms with Crippen molar-refractivity contribution >= 4 is 23.5 Å². The number of ether oxygens (including phenoxy) is 1. The fraction of sp³-hybridized carbons (Fsp3) is 0.500. The Labute approximate surface area is 127 Å². The zero-order chi connectivity index (χ0) is 15.6. The number of hydrogen-bond acceptors (Lipinski definition) is 4. The lowest BCUT2D eigenvalue weighted by atomic mass is 9.95. The Morgan fingerprint density at radius 1 is 1.48 bits per heavy atom. The SMILES string of the molecule is CCc1cc(C(=O)N2CC(C)(OCC(=O)O)C2)cc(Cl)n1. The highest BCUT2D eigenvalue weighted by Gasteiger charge is 2.43. The summed E-state index contributed by atoms with van der Waals surface area (Å²) < 4.78 is 5.28. The highest BCUT2D eigenvalue weighted by molar-refractivity contribution is 6.29. The minimum Gasteiger partial charge on any atom is -0.480 e. The standard InChI is InChI=1S/C14H17ClN2O4/c1-3-10-4-9(5-11(15)16-10)13(20)17-7-14(2,8-17)21-6-12(18)19/h4-5H,3,6-8H2,1-2H3,(H,18,19). The molecule has 2 rings (SSSR count). The van der Waals surface area contributed by atoms with E-state index in [2.05, 4.69) is 4.98 Å². The number of amides is 1. The van der Waals surface area contributed by atoms with Crippen molar-refractivity contribution in [2.24, 2.45) is 0 Å². The molecule has 0 aliphatic carbocycles. The Kier molecular flexibility index (Phi) is 4.49. The maximum Gasteiger partial charge on any atom is 0.329 e. The first-order chi connectivity index (χ1) is 9.83. The molecule has 1 aromatic heterocycles. The van der Waals surface area contributed by atoms with Gasteiger partial charge < -0.3 is 14.7 Å². The van der Waals surface area contributed by atoms with E-state index in [-0.39, 0.29) is 12.5 Å². The van der Waals surface area contributed by atoms with Gasteiger partial charge in [-0.05, 0) is 25.5 Å². The average molecular weight is 313 g/mol. The largest absolute Gasteiger partial charge is 0.480 e. The number of nitrogens with zero attached hydrogens (tertiary/aromatic N) is 2. The summed E-state index contributed by atoms with van der Waals surface area (Å²) in [6.07, 6.45) is 0.695. The number of carbonyl (C=O) groups is 2. The van der Waals surface area contributed by atoms with Crippen LogP contribution < -0.4 is 0 Å². The fourth-order valence-electron chi connectivity index (χ4n) is 2.27. The van der Waals surface area contributed by atoms with Gasteiger partial charge in [-0.1, -0.05) is 18.5 Å². The number of carboxylic acid groups (broad SMARTS) is 1. The Morgan fingerprint density at radius 2 is 2.14 bits per heavy atom. The van der Waals surface area contributed by atoms with Gasteiger partial charge >= 0.3 is 5.97 Å². The molecular weight excluding hydrogens is 296 g/mol. The van der Waals surface area contributed by atoms with E-state index in [4.69, 9.17) is 21.4 Å². The maximum absolute atomic E-state index is 12.3. The van der Waals surface area contributed by atoms with Crippen LogP contribution in [0.3, 0.4) is 0 Å². The Bertz CT molecular complexity index is 570. The number of hydrogen-bond donors (Lipinski definition) is 1. The van der Waals surface area contributed by atoms with E-state index >= 15 is 0 Å². The molecule has 0 aromatic carbocycles. The average Bonchev–Trinajstić information content (AvgIpc) is 2.40. The van der Waals surface area contributed by atoms with Crippen LogP contribution in [0.1, 0.15) is 29.9 Å². The summed E-state index contributed by atoms with van der Waals surface area (Å²) in [4.78, 5) is 28.6. The quantitative estimate of drug-likeness (QED) is 0.836. The second kappa shape index (κ2) is 5.99. The third kappa shape index (κ3) is 3.71. The predicted octanol–water partition coefficient (Wildman–Crippen LogP) is 1.61. The van der Waals surface area contributed by atoms with Crippen LogP contribution in [-0.2, 0) is 16.0 Å². The number of aromatic nitrogens is 1. The summed E-state index contributed by atoms with van der Waals surface area (Å²) in [5, 5.41) is 8.91. The van der Waals surface area contributed by atoms with E-state index in [1.165, 1.54) is 6.07 Å². The third-order valence-corrected chi connectivity index (χ3v) is 3.53. The molecule has 1 amide bonds. The molecule has 1 fully saturated rings. The van der Waals surface area contributed by atoms with E-state index in [0.717, 1.165) is 5.69 Å². The highest BCUT2D eigenvalue weighted by atomic mass is 35.5. The summed E-state index contributed by atoms with van der Waals surface area (Å²) >= 11 is 5.91. The molecule has 114 valence electrons. The minimum absolute atomic E-state index is 0.148. The Hall–Kier alpha value is -1.66. The zero-order valence-electron chi connectivity index (χ0n) is 11.9. The molecule has 0 radical (unpaired) electrons. The molecule has 0 atom stereocenters. The monoisotopic (exact) mass is 312 g/mol. The minimum atomic E-state index is -1.02. The molecule has 1 aliphatic rings. The second-order valence-corrected chi connectivity index (χ2v) is 5.70. The first-order valence-electron chi connectivity index (χ1n) is 6.64. The lowest BCUT2D eigenvalue weighted by Crippen LogP contribution is -2.63. The van der Waals surface area contributed by atoms with Crippen LogP contribution in [0, 0.1) is 0 Å². The van der Waals surface area contributed by atoms with Gasteiger partial charge in [0, 0.05) is 11.3 Å². The van der Waals surface area contributed by atoms with Crippen LogP contribution >= 0.6 is 11.6 Å². The summed E-state index contributed by atoms with van der Waals surface area (Å²) in [6.45, 7) is 4.09. The van der Waals surface area contributed by atoms with Crippen LogP contribution in [-0.4, -0.2) is 52.2 Å². The van der Waals surface area contributed by atoms with Crippen LogP contribution in [0.2, 0.25) is 5.15 Å². The maximum atomic E-state index is 12.3. The molecule has 0 saturated carbocycles. The molecule has 2 heterocycles. The van der Waals surface area contributed by atoms with E-state index < -0.39 is 11.6 Å². The van der Waals surface area contributed by atoms with Crippen LogP contribution in [0.25, 0.3) is 0 Å². The molecule has 7 heteroatoms. The zero-order valence-corrected chi connectivity index (χ0v) is 12.7. The molecule has 1 aromatic rings. The number of likely N-dealkylation sites (tertiary alicyclic amines) is 1. The van der Waals surface area contributed by atoms with Gasteiger partial charge in [-0.3, -0.25) is 4.79 Å². The number of halogens is 1. The normalized spacial score (nSPS) is 16.4. The second-order valence-electron chi connectivity index (χ2n) is 5.32. The van der Waals surface area contributed by atoms with E-state index in [1.807, 2.05) is 6.92 Å². The molecule has 0 spiro atoms. The van der Waals surface area contributed by atoms with Gasteiger partial charge in [-0.2, -0.15) is 0 Å². The van der Waals surface area contributed by atoms with Crippen molar-refractivity contribution in [3.05, 3.63) is 28.5 Å². The third-order valence-electron chi connectivity index (χ3n) is 3.34. The van der Waals surface area contributed by atoms with Gasteiger partial charge in [0.05, 0.1) is 13.1 Å². The topological polar surface area (TPSA) is 79.7 Å². The lowest BCUT2D eigenvalue weighted by Gasteiger charge is -2.47. The van der Waals surface area contributed by atoms with Gasteiger partial charge in [0.1, 0.15) is 17.4 Å². The molecule has 0 unspecified atom stereocenters. The van der Waals surface area contributed by atoms with Gasteiger partial charge in [0.15, 0.2) is 0 Å². The first kappa shape index (κ1) is 15.7. The number of carboxylic acids is 1. The van der Waals surface area contributed by atoms with Crippen LogP contribution in [0.15, 0.2) is 12.1 Å². The number of aliphatic carboxylic acids is 1. The molecular formula is C14H17ClN2O4. The predicted molar refractivity (Wildman–Crippen MR) is 76.5 cm³/mol. The van der Waals surface area contributed by atoms with Gasteiger partial charge in [-0.25, -0.2) is 9.78 Å². The van der Waals surface area contributed by atoms with Crippen LogP contribution in [0.4, 0.5) is 0 Å². The smallest absolute Gasteiger partial charge is 0.329 e. The molecule has 1 N–H and O–H groups in total. The van der Waals surface area contributed by atoms with E-state index in [9.17, 15) is 9.59 Å². The number of pyridine rings is 1. The molecule has 21 heavy (non-hydrogen) atoms. The van der Waals surface area contributed by atoms with Crippen molar-refractivity contribution in [1.82, 2.24) is 9.88 Å². The molecule has 1 saturated heterocycles. The van der Waals surface area contributed by atoms with E-state index in [1.54, 1.807) is 17.9 Å². The molecule has 6 nitrogen and oxygen atoms in total. The van der Waals surface area contributed by atoms with Gasteiger partial charge in [-0.15, -0.1) is 0 Å². The highest BCUT2D eigenvalue weighted by Crippen LogP contribution is 2.27. The Balaban J connectivity index is 2.00. The van der Waals surface area contributed by atoms with Crippen molar-refractivity contribution in [2.75, 3.05) is 19.7 Å². The molecule has 1 aliphatic heterocycles. The van der Waals surface area contributed by atoms with Crippen molar-refractivity contribution in [3.8, 4) is 0 Å². The van der Waals surface area contributed by atoms with Crippen molar-refractivity contribution in [2.45, 2.75) is 25.9 Å². The first-order valence-corrected chi connectivity index (χ1v) is 7.02. The van der Waals surface area contributed by atoms with Crippen molar-refractivity contribution < 1.29 is 19.4 Å². The summed E-state index contributed by atoms with van der Waals surface area (Å²) in [5.41, 5.74) is 0.654. The van der Waals surface area contributed by atoms with Crippen LogP contribution in [0.5, 0.6) is 0 Å². The van der Waals surface area contributed by atoms with Gasteiger partial charge in [0.2, 0.25) is 0 Å².